The molecule has 0 saturated carbocycles. The highest BCUT2D eigenvalue weighted by molar-refractivity contribution is 6.21. The number of imide groups is 1. The maximum absolute atomic E-state index is 13.6. The van der Waals surface area contributed by atoms with Crippen LogP contribution in [0.5, 0.6) is 0 Å². The number of hydrogen-bond donors (Lipinski definition) is 2. The molecule has 89 heavy (non-hydrogen) atoms. The number of allylic oxidation sites excluding steroid dienone is 4. The number of carbonyl (C=O) groups is 2. The second-order valence-corrected chi connectivity index (χ2v) is 28.8. The summed E-state index contributed by atoms with van der Waals surface area (Å²) in [7, 11) is 0. The van der Waals surface area contributed by atoms with Crippen LogP contribution < -0.4 is 4.90 Å². The van der Waals surface area contributed by atoms with Gasteiger partial charge in [0.2, 0.25) is 0 Å². The van der Waals surface area contributed by atoms with Crippen molar-refractivity contribution in [2.24, 2.45) is 0 Å². The highest BCUT2D eigenvalue weighted by Crippen LogP contribution is 2.47. The smallest absolute Gasteiger partial charge is 0.261 e. The van der Waals surface area contributed by atoms with Crippen LogP contribution in [0.2, 0.25) is 0 Å². The van der Waals surface area contributed by atoms with Gasteiger partial charge in [0.25, 0.3) is 11.8 Å². The summed E-state index contributed by atoms with van der Waals surface area (Å²) in [6.07, 6.45) is 24.2. The Bertz CT molecular complexity index is 3730. The number of nitrogens with one attached hydrogen (secondary N) is 2. The minimum absolute atomic E-state index is 0.0750. The van der Waals surface area contributed by atoms with Gasteiger partial charge in [0.05, 0.1) is 44.9 Å². The molecule has 472 valence electrons. The fourth-order valence-corrected chi connectivity index (χ4v) is 14.7. The number of fused-ring (bicyclic) bond motifs is 9. The van der Waals surface area contributed by atoms with Crippen molar-refractivity contribution in [3.05, 3.63) is 146 Å². The van der Waals surface area contributed by atoms with Crippen molar-refractivity contribution in [2.75, 3.05) is 18.0 Å². The Morgan fingerprint density at radius 2 is 0.888 bits per heavy atom. The van der Waals surface area contributed by atoms with Gasteiger partial charge in [0.1, 0.15) is 0 Å². The predicted molar refractivity (Wildman–Crippen MR) is 379 cm³/mol. The molecule has 4 aliphatic heterocycles. The molecule has 0 unspecified atom stereocenters. The Hall–Kier alpha value is -6.80. The molecule has 4 aliphatic rings. The fourth-order valence-electron chi connectivity index (χ4n) is 14.7. The molecule has 8 nitrogen and oxygen atoms in total. The summed E-state index contributed by atoms with van der Waals surface area (Å²) >= 11 is 0. The Labute approximate surface area is 534 Å². The molecule has 3 aromatic carbocycles. The standard InChI is InChI=1S/C81H106N6O2/c1-15-19-23-27-33-62-52(5)74-72(56-39-41-60(42-40-56)86-45-43-61(44-46-86)87-78(88)66-37-31-32-38-67(66)79(87)89)75-53(6)63(34-28-24-20-16-2)69(83-75)51-71-65(36-30-26-22-18-4)55(8)77(85-71)73(57-47-58(80(9,10)11)49-59(48-57)81(12,13)14)76-54(7)64(35-29-25-21-17-3)70(84-76)50-68(62)82-74/h31-32,37-42,47-51,61,82,85H,15-30,33-36,43-46H2,1-14H3. The molecular formula is C81H106N6O2. The van der Waals surface area contributed by atoms with Gasteiger partial charge < -0.3 is 14.9 Å². The van der Waals surface area contributed by atoms with E-state index in [4.69, 9.17) is 9.97 Å². The van der Waals surface area contributed by atoms with Gasteiger partial charge >= 0.3 is 0 Å². The molecule has 8 bridgehead atoms. The molecule has 8 heteroatoms. The summed E-state index contributed by atoms with van der Waals surface area (Å²) in [6, 6.07) is 28.8. The van der Waals surface area contributed by atoms with Crippen LogP contribution in [0.4, 0.5) is 5.69 Å². The van der Waals surface area contributed by atoms with Gasteiger partial charge in [-0.05, 0) is 206 Å². The topological polar surface area (TPSA) is 98.0 Å². The molecule has 6 aromatic rings. The van der Waals surface area contributed by atoms with Gasteiger partial charge in [-0.3, -0.25) is 14.5 Å². The molecule has 0 atom stereocenters. The van der Waals surface area contributed by atoms with E-state index in [0.717, 1.165) is 128 Å². The number of hydrogen-bond acceptors (Lipinski definition) is 5. The zero-order valence-corrected chi connectivity index (χ0v) is 57.2. The number of aromatic amines is 2. The van der Waals surface area contributed by atoms with E-state index < -0.39 is 0 Å². The number of nitrogens with zero attached hydrogens (tertiary/aromatic N) is 4. The van der Waals surface area contributed by atoms with Crippen LogP contribution in [0.3, 0.4) is 0 Å². The molecule has 7 heterocycles. The number of piperidine rings is 1. The van der Waals surface area contributed by atoms with Crippen molar-refractivity contribution in [1.82, 2.24) is 24.8 Å². The Kier molecular flexibility index (Phi) is 20.6. The van der Waals surface area contributed by atoms with E-state index in [1.165, 1.54) is 160 Å². The molecule has 10 rings (SSSR count). The van der Waals surface area contributed by atoms with Crippen molar-refractivity contribution in [3.8, 4) is 22.3 Å². The van der Waals surface area contributed by atoms with E-state index >= 15 is 0 Å². The summed E-state index contributed by atoms with van der Waals surface area (Å²) in [5.41, 5.74) is 29.0. The van der Waals surface area contributed by atoms with Gasteiger partial charge in [0, 0.05) is 47.0 Å². The van der Waals surface area contributed by atoms with Crippen LogP contribution in [-0.2, 0) is 23.7 Å². The monoisotopic (exact) mass is 1190 g/mol. The van der Waals surface area contributed by atoms with Crippen LogP contribution in [0.25, 0.3) is 66.6 Å². The Morgan fingerprint density at radius 1 is 0.483 bits per heavy atom. The van der Waals surface area contributed by atoms with Crippen LogP contribution >= 0.6 is 0 Å². The van der Waals surface area contributed by atoms with E-state index in [1.807, 2.05) is 12.1 Å². The molecule has 0 aliphatic carbocycles. The van der Waals surface area contributed by atoms with Gasteiger partial charge in [0.15, 0.2) is 0 Å². The number of H-pyrrole nitrogens is 2. The maximum atomic E-state index is 13.6. The summed E-state index contributed by atoms with van der Waals surface area (Å²) in [5, 5.41) is 0. The first kappa shape index (κ1) is 65.2. The van der Waals surface area contributed by atoms with Crippen molar-refractivity contribution in [3.63, 3.8) is 0 Å². The number of rotatable bonds is 24. The zero-order chi connectivity index (χ0) is 63.3. The third-order valence-electron chi connectivity index (χ3n) is 20.3. The first-order chi connectivity index (χ1) is 42.8. The lowest BCUT2D eigenvalue weighted by Crippen LogP contribution is -2.47. The van der Waals surface area contributed by atoms with E-state index in [0.29, 0.717) is 11.1 Å². The third kappa shape index (κ3) is 13.8. The molecule has 1 fully saturated rings. The summed E-state index contributed by atoms with van der Waals surface area (Å²) < 4.78 is 0. The molecule has 1 saturated heterocycles. The molecule has 2 amide bonds. The normalized spacial score (nSPS) is 15.0. The van der Waals surface area contributed by atoms with Crippen LogP contribution in [0, 0.1) is 13.8 Å². The van der Waals surface area contributed by atoms with Gasteiger partial charge in [-0.1, -0.05) is 189 Å². The molecule has 0 radical (unpaired) electrons. The molecule has 0 spiro atoms. The van der Waals surface area contributed by atoms with Crippen molar-refractivity contribution in [2.45, 2.75) is 255 Å². The van der Waals surface area contributed by atoms with E-state index in [-0.39, 0.29) is 28.7 Å². The number of aromatic nitrogens is 4. The lowest BCUT2D eigenvalue weighted by atomic mass is 9.78. The highest BCUT2D eigenvalue weighted by atomic mass is 16.2. The van der Waals surface area contributed by atoms with Gasteiger partial charge in [-0.25, -0.2) is 9.97 Å². The van der Waals surface area contributed by atoms with E-state index in [9.17, 15) is 9.59 Å². The van der Waals surface area contributed by atoms with Crippen LogP contribution in [-0.4, -0.2) is 55.8 Å². The summed E-state index contributed by atoms with van der Waals surface area (Å²) in [5.74, 6) is -0.315. The predicted octanol–water partition coefficient (Wildman–Crippen LogP) is 22.2. The number of unbranched alkanes of at least 4 members (excludes halogenated alkanes) is 12. The SMILES string of the molecule is CCCCCCC1=C(C)c2nc1cc1[nH]c(c(C)c1CCCCCC)c(-c1ccc(N3CCC(N4C(=O)c5ccccc5C4=O)CC3)cc1)c1nc(cc3[nH]c(c(C)c3CCCCCC)c2-c2cc(C(C)(C)C)cc(C(C)(C)C)c2)C(CCCCCC)=C1C. The number of carbonyl (C=O) groups excluding carboxylic acids is 2. The fraction of sp³-hybridized carbons (Fsp3) is 0.506. The minimum atomic E-state index is -0.157. The lowest BCUT2D eigenvalue weighted by Gasteiger charge is -2.37. The Morgan fingerprint density at radius 3 is 1.29 bits per heavy atom. The second kappa shape index (κ2) is 28.2. The van der Waals surface area contributed by atoms with Crippen LogP contribution in [0.15, 0.2) is 78.9 Å². The Balaban J connectivity index is 1.25. The first-order valence-electron chi connectivity index (χ1n) is 35.0. The molecular weight excluding hydrogens is 1090 g/mol. The second-order valence-electron chi connectivity index (χ2n) is 28.8. The highest BCUT2D eigenvalue weighted by Gasteiger charge is 2.41. The van der Waals surface area contributed by atoms with Crippen LogP contribution in [0.1, 0.15) is 288 Å². The lowest BCUT2D eigenvalue weighted by molar-refractivity contribution is 0.0561. The summed E-state index contributed by atoms with van der Waals surface area (Å²) in [4.78, 5) is 51.7. The number of benzene rings is 3. The number of anilines is 1. The quantitative estimate of drug-likeness (QED) is 0.0465. The molecule has 3 aromatic heterocycles. The van der Waals surface area contributed by atoms with Gasteiger partial charge in [-0.2, -0.15) is 0 Å². The minimum Gasteiger partial charge on any atom is -0.371 e. The summed E-state index contributed by atoms with van der Waals surface area (Å²) in [6.45, 7) is 34.4. The van der Waals surface area contributed by atoms with Gasteiger partial charge in [-0.15, -0.1) is 0 Å². The zero-order valence-electron chi connectivity index (χ0n) is 57.2. The molecule has 2 N–H and O–H groups in total. The average Bonchev–Trinajstić information content (AvgIpc) is 1.64. The largest absolute Gasteiger partial charge is 0.371 e. The van der Waals surface area contributed by atoms with E-state index in [2.05, 4.69) is 166 Å². The third-order valence-corrected chi connectivity index (χ3v) is 20.3. The number of aryl methyl sites for hydroxylation is 4. The van der Waals surface area contributed by atoms with Crippen molar-refractivity contribution >= 4 is 61.9 Å². The number of amides is 2. The average molecular weight is 1200 g/mol. The maximum Gasteiger partial charge on any atom is 0.261 e. The first-order valence-corrected chi connectivity index (χ1v) is 35.0. The van der Waals surface area contributed by atoms with Crippen molar-refractivity contribution < 1.29 is 9.59 Å². The van der Waals surface area contributed by atoms with E-state index in [1.54, 1.807) is 12.1 Å². The van der Waals surface area contributed by atoms with Crippen molar-refractivity contribution in [1.29, 1.82) is 0 Å².